The predicted molar refractivity (Wildman–Crippen MR) is 131 cm³/mol. The molecule has 0 spiro atoms. The molecule has 4 rings (SSSR count). The van der Waals surface area contributed by atoms with Gasteiger partial charge in [0.2, 0.25) is 15.9 Å². The first-order valence-electron chi connectivity index (χ1n) is 11.2. The van der Waals surface area contributed by atoms with E-state index in [9.17, 15) is 18.0 Å². The number of nitrogens with one attached hydrogen (secondary N) is 1. The summed E-state index contributed by atoms with van der Waals surface area (Å²) in [5.41, 5.74) is 1.27. The first kappa shape index (κ1) is 24.3. The molecule has 1 N–H and O–H groups in total. The van der Waals surface area contributed by atoms with Gasteiger partial charge in [-0.25, -0.2) is 8.42 Å². The molecule has 2 aliphatic heterocycles. The number of hydrogen-bond donors (Lipinski definition) is 1. The highest BCUT2D eigenvalue weighted by molar-refractivity contribution is 7.99. The van der Waals surface area contributed by atoms with E-state index >= 15 is 0 Å². The van der Waals surface area contributed by atoms with Crippen molar-refractivity contribution in [1.82, 2.24) is 9.21 Å². The van der Waals surface area contributed by atoms with E-state index in [0.29, 0.717) is 36.0 Å². The van der Waals surface area contributed by atoms with E-state index in [4.69, 9.17) is 5.26 Å². The molecule has 8 nitrogen and oxygen atoms in total. The summed E-state index contributed by atoms with van der Waals surface area (Å²) in [7, 11) is -3.69. The van der Waals surface area contributed by atoms with Crippen LogP contribution in [-0.4, -0.2) is 60.2 Å². The Kier molecular flexibility index (Phi) is 7.56. The van der Waals surface area contributed by atoms with Gasteiger partial charge in [-0.05, 0) is 55.3 Å². The molecule has 10 heteroatoms. The molecule has 2 saturated heterocycles. The molecule has 0 saturated carbocycles. The zero-order valence-electron chi connectivity index (χ0n) is 18.6. The van der Waals surface area contributed by atoms with E-state index < -0.39 is 16.1 Å². The van der Waals surface area contributed by atoms with Crippen LogP contribution in [0.25, 0.3) is 0 Å². The number of rotatable bonds is 5. The van der Waals surface area contributed by atoms with E-state index in [1.807, 2.05) is 6.07 Å². The van der Waals surface area contributed by atoms with Crippen molar-refractivity contribution in [2.24, 2.45) is 0 Å². The standard InChI is InChI=1S/C24H26N4O4S2/c25-15-18-8-10-20(11-9-18)26-23(29)22-16-33-17-28(22)24(30)19-6-5-7-21(14-19)34(31,32)27-12-3-1-2-4-13-27/h5-11,14,22H,1-4,12-13,16-17H2,(H,26,29). The lowest BCUT2D eigenvalue weighted by atomic mass is 10.1. The summed E-state index contributed by atoms with van der Waals surface area (Å²) in [6, 6.07) is 13.9. The first-order chi connectivity index (χ1) is 16.4. The molecular formula is C24H26N4O4S2. The minimum atomic E-state index is -3.69. The van der Waals surface area contributed by atoms with Gasteiger partial charge in [0, 0.05) is 30.1 Å². The van der Waals surface area contributed by atoms with Gasteiger partial charge in [0.05, 0.1) is 22.4 Å². The number of benzene rings is 2. The minimum Gasteiger partial charge on any atom is -0.324 e. The van der Waals surface area contributed by atoms with Crippen molar-refractivity contribution in [3.05, 3.63) is 59.7 Å². The normalized spacial score (nSPS) is 19.3. The Hall–Kier alpha value is -2.87. The SMILES string of the molecule is N#Cc1ccc(NC(=O)C2CSCN2C(=O)c2cccc(S(=O)(=O)N3CCCCCC3)c2)cc1. The van der Waals surface area contributed by atoms with Crippen LogP contribution in [0.2, 0.25) is 0 Å². The van der Waals surface area contributed by atoms with Gasteiger partial charge >= 0.3 is 0 Å². The Balaban J connectivity index is 1.50. The third-order valence-electron chi connectivity index (χ3n) is 6.01. The second-order valence-electron chi connectivity index (χ2n) is 8.32. The third kappa shape index (κ3) is 5.27. The van der Waals surface area contributed by atoms with Crippen LogP contribution in [0.5, 0.6) is 0 Å². The van der Waals surface area contributed by atoms with Gasteiger partial charge < -0.3 is 10.2 Å². The van der Waals surface area contributed by atoms with Gasteiger partial charge in [0.15, 0.2) is 0 Å². The average molecular weight is 499 g/mol. The molecular weight excluding hydrogens is 472 g/mol. The molecule has 2 heterocycles. The molecule has 1 atom stereocenters. The zero-order chi connectivity index (χ0) is 24.1. The van der Waals surface area contributed by atoms with Crippen molar-refractivity contribution in [3.8, 4) is 6.07 Å². The Morgan fingerprint density at radius 1 is 1.03 bits per heavy atom. The largest absolute Gasteiger partial charge is 0.324 e. The lowest BCUT2D eigenvalue weighted by Crippen LogP contribution is -2.44. The smallest absolute Gasteiger partial charge is 0.255 e. The van der Waals surface area contributed by atoms with Crippen LogP contribution in [0.15, 0.2) is 53.4 Å². The lowest BCUT2D eigenvalue weighted by molar-refractivity contribution is -0.119. The summed E-state index contributed by atoms with van der Waals surface area (Å²) in [5, 5.41) is 11.7. The van der Waals surface area contributed by atoms with Crippen molar-refractivity contribution in [2.75, 3.05) is 30.0 Å². The maximum Gasteiger partial charge on any atom is 0.255 e. The summed E-state index contributed by atoms with van der Waals surface area (Å²) in [5.74, 6) is 0.0850. The van der Waals surface area contributed by atoms with Crippen molar-refractivity contribution >= 4 is 39.3 Å². The fourth-order valence-electron chi connectivity index (χ4n) is 4.10. The van der Waals surface area contributed by atoms with Crippen molar-refractivity contribution in [3.63, 3.8) is 0 Å². The molecule has 2 fully saturated rings. The van der Waals surface area contributed by atoms with Crippen LogP contribution in [-0.2, 0) is 14.8 Å². The Labute approximate surface area is 204 Å². The molecule has 2 amide bonds. The maximum atomic E-state index is 13.3. The van der Waals surface area contributed by atoms with Crippen LogP contribution in [0.1, 0.15) is 41.6 Å². The molecule has 2 aromatic rings. The van der Waals surface area contributed by atoms with Crippen molar-refractivity contribution in [1.29, 1.82) is 5.26 Å². The molecule has 2 aromatic carbocycles. The van der Waals surface area contributed by atoms with E-state index in [2.05, 4.69) is 5.32 Å². The molecule has 0 aromatic heterocycles. The van der Waals surface area contributed by atoms with Crippen molar-refractivity contribution < 1.29 is 18.0 Å². The molecule has 0 bridgehead atoms. The van der Waals surface area contributed by atoms with Gasteiger partial charge in [-0.1, -0.05) is 18.9 Å². The fraction of sp³-hybridized carbons (Fsp3) is 0.375. The average Bonchev–Trinajstić information content (AvgIpc) is 3.18. The van der Waals surface area contributed by atoms with E-state index in [0.717, 1.165) is 25.7 Å². The van der Waals surface area contributed by atoms with Gasteiger partial charge in [-0.15, -0.1) is 11.8 Å². The number of anilines is 1. The number of thioether (sulfide) groups is 1. The number of hydrogen-bond acceptors (Lipinski definition) is 6. The second kappa shape index (κ2) is 10.6. The third-order valence-corrected chi connectivity index (χ3v) is 8.92. The van der Waals surface area contributed by atoms with Crippen LogP contribution >= 0.6 is 11.8 Å². The summed E-state index contributed by atoms with van der Waals surface area (Å²) < 4.78 is 27.8. The Morgan fingerprint density at radius 2 is 1.74 bits per heavy atom. The number of carbonyl (C=O) groups excluding carboxylic acids is 2. The fourth-order valence-corrected chi connectivity index (χ4v) is 6.82. The summed E-state index contributed by atoms with van der Waals surface area (Å²) >= 11 is 1.47. The van der Waals surface area contributed by atoms with Gasteiger partial charge in [-0.3, -0.25) is 9.59 Å². The molecule has 178 valence electrons. The lowest BCUT2D eigenvalue weighted by Gasteiger charge is -2.24. The van der Waals surface area contributed by atoms with E-state index in [1.165, 1.54) is 33.1 Å². The molecule has 0 aliphatic carbocycles. The predicted octanol–water partition coefficient (Wildman–Crippen LogP) is 3.28. The molecule has 1 unspecified atom stereocenters. The quantitative estimate of drug-likeness (QED) is 0.677. The second-order valence-corrected chi connectivity index (χ2v) is 11.3. The van der Waals surface area contributed by atoms with Crippen LogP contribution in [0.4, 0.5) is 5.69 Å². The van der Waals surface area contributed by atoms with E-state index in [-0.39, 0.29) is 22.3 Å². The maximum absolute atomic E-state index is 13.3. The highest BCUT2D eigenvalue weighted by Gasteiger charge is 2.36. The number of nitrogens with zero attached hydrogens (tertiary/aromatic N) is 3. The number of carbonyl (C=O) groups is 2. The van der Waals surface area contributed by atoms with Gasteiger partial charge in [0.25, 0.3) is 5.91 Å². The highest BCUT2D eigenvalue weighted by atomic mass is 32.2. The number of sulfonamides is 1. The number of nitriles is 1. The molecule has 2 aliphatic rings. The summed E-state index contributed by atoms with van der Waals surface area (Å²) in [6.07, 6.45) is 3.70. The minimum absolute atomic E-state index is 0.102. The number of amides is 2. The zero-order valence-corrected chi connectivity index (χ0v) is 20.3. The van der Waals surface area contributed by atoms with Crippen LogP contribution < -0.4 is 5.32 Å². The molecule has 0 radical (unpaired) electrons. The van der Waals surface area contributed by atoms with Crippen LogP contribution in [0.3, 0.4) is 0 Å². The monoisotopic (exact) mass is 498 g/mol. The molecule has 34 heavy (non-hydrogen) atoms. The van der Waals surface area contributed by atoms with Gasteiger partial charge in [-0.2, -0.15) is 9.57 Å². The Morgan fingerprint density at radius 3 is 2.41 bits per heavy atom. The first-order valence-corrected chi connectivity index (χ1v) is 13.8. The Bertz CT molecular complexity index is 1200. The topological polar surface area (TPSA) is 111 Å². The highest BCUT2D eigenvalue weighted by Crippen LogP contribution is 2.26. The van der Waals surface area contributed by atoms with E-state index in [1.54, 1.807) is 36.4 Å². The van der Waals surface area contributed by atoms with Crippen LogP contribution in [0, 0.1) is 11.3 Å². The summed E-state index contributed by atoms with van der Waals surface area (Å²) in [6.45, 7) is 0.974. The van der Waals surface area contributed by atoms with Gasteiger partial charge in [0.1, 0.15) is 6.04 Å². The summed E-state index contributed by atoms with van der Waals surface area (Å²) in [4.78, 5) is 27.8. The van der Waals surface area contributed by atoms with Crippen molar-refractivity contribution in [2.45, 2.75) is 36.6 Å².